The number of carbonyl (C=O) groups excluding carboxylic acids is 1. The number of rotatable bonds is 5. The fourth-order valence-electron chi connectivity index (χ4n) is 3.63. The number of benzene rings is 1. The van der Waals surface area contributed by atoms with E-state index in [4.69, 9.17) is 9.51 Å². The van der Waals surface area contributed by atoms with Crippen molar-refractivity contribution < 1.29 is 14.0 Å². The number of aromatic amines is 1. The van der Waals surface area contributed by atoms with E-state index in [1.54, 1.807) is 24.3 Å². The summed E-state index contributed by atoms with van der Waals surface area (Å²) in [6, 6.07) is 13.1. The summed E-state index contributed by atoms with van der Waals surface area (Å²) < 4.78 is 6.19. The van der Waals surface area contributed by atoms with E-state index in [0.717, 1.165) is 36.9 Å². The molecule has 0 spiro atoms. The van der Waals surface area contributed by atoms with E-state index in [1.807, 2.05) is 12.1 Å². The minimum absolute atomic E-state index is 0.0179. The van der Waals surface area contributed by atoms with Crippen molar-refractivity contribution in [2.45, 2.75) is 43.6 Å². The Morgan fingerprint density at radius 1 is 1.20 bits per heavy atom. The third-order valence-corrected chi connectivity index (χ3v) is 6.14. The van der Waals surface area contributed by atoms with Crippen LogP contribution in [0.3, 0.4) is 0 Å². The number of para-hydroxylation sites is 1. The van der Waals surface area contributed by atoms with Crippen molar-refractivity contribution >= 4 is 17.5 Å². The molecule has 7 nitrogen and oxygen atoms in total. The highest BCUT2D eigenvalue weighted by atomic mass is 32.2. The molecule has 0 fully saturated rings. The van der Waals surface area contributed by atoms with Crippen molar-refractivity contribution in [2.75, 3.05) is 5.75 Å². The molecule has 3 aromatic rings. The van der Waals surface area contributed by atoms with Crippen LogP contribution < -0.4 is 10.3 Å². The Bertz CT molecular complexity index is 1160. The lowest BCUT2D eigenvalue weighted by molar-refractivity contribution is -0.672. The van der Waals surface area contributed by atoms with Crippen LogP contribution in [0.15, 0.2) is 50.7 Å². The van der Waals surface area contributed by atoms with Gasteiger partial charge in [-0.15, -0.1) is 0 Å². The van der Waals surface area contributed by atoms with Crippen molar-refractivity contribution in [2.24, 2.45) is 0 Å². The zero-order chi connectivity index (χ0) is 20.9. The van der Waals surface area contributed by atoms with Gasteiger partial charge in [-0.2, -0.15) is 5.26 Å². The van der Waals surface area contributed by atoms with Gasteiger partial charge in [0, 0.05) is 17.8 Å². The number of pyridine rings is 1. The maximum absolute atomic E-state index is 12.9. The van der Waals surface area contributed by atoms with Crippen LogP contribution in [-0.2, 0) is 12.8 Å². The van der Waals surface area contributed by atoms with E-state index in [9.17, 15) is 14.9 Å². The lowest BCUT2D eigenvalue weighted by Crippen LogP contribution is -2.41. The highest BCUT2D eigenvalue weighted by Crippen LogP contribution is 2.27. The molecule has 0 radical (unpaired) electrons. The number of aromatic nitrogens is 3. The number of nitrogens with zero attached hydrogens (tertiary/aromatic N) is 3. The number of hydrogen-bond acceptors (Lipinski definition) is 6. The van der Waals surface area contributed by atoms with Crippen molar-refractivity contribution in [1.82, 2.24) is 10.3 Å². The van der Waals surface area contributed by atoms with Crippen LogP contribution in [0.4, 0.5) is 0 Å². The van der Waals surface area contributed by atoms with Crippen molar-refractivity contribution in [1.29, 1.82) is 5.26 Å². The van der Waals surface area contributed by atoms with Gasteiger partial charge in [0.1, 0.15) is 11.1 Å². The maximum Gasteiger partial charge on any atom is 0.438 e. The van der Waals surface area contributed by atoms with E-state index in [1.165, 1.54) is 29.3 Å². The molecule has 0 unspecified atom stereocenters. The smallest absolute Gasteiger partial charge is 0.286 e. The van der Waals surface area contributed by atoms with Crippen LogP contribution in [0.25, 0.3) is 5.69 Å². The quantitative estimate of drug-likeness (QED) is 0.386. The second kappa shape index (κ2) is 9.09. The zero-order valence-corrected chi connectivity index (χ0v) is 17.2. The Kier molecular flexibility index (Phi) is 6.10. The zero-order valence-electron chi connectivity index (χ0n) is 16.4. The number of ketones is 1. The first-order valence-electron chi connectivity index (χ1n) is 9.95. The molecule has 4 rings (SSSR count). The Balaban J connectivity index is 1.58. The van der Waals surface area contributed by atoms with Crippen molar-refractivity contribution in [3.63, 3.8) is 0 Å². The van der Waals surface area contributed by atoms with Gasteiger partial charge >= 0.3 is 11.3 Å². The Labute approximate surface area is 177 Å². The first-order chi connectivity index (χ1) is 14.7. The van der Waals surface area contributed by atoms with E-state index < -0.39 is 11.4 Å². The highest BCUT2D eigenvalue weighted by Gasteiger charge is 2.30. The number of H-pyrrole nitrogens is 1. The van der Waals surface area contributed by atoms with Gasteiger partial charge in [-0.3, -0.25) is 9.32 Å². The van der Waals surface area contributed by atoms with Gasteiger partial charge in [-0.1, -0.05) is 42.8 Å². The number of aryl methyl sites for hydroxylation is 2. The van der Waals surface area contributed by atoms with E-state index in [-0.39, 0.29) is 11.4 Å². The largest absolute Gasteiger partial charge is 0.438 e. The molecule has 0 saturated carbocycles. The first kappa shape index (κ1) is 20.1. The maximum atomic E-state index is 12.9. The number of nitriles is 1. The minimum Gasteiger partial charge on any atom is -0.286 e. The van der Waals surface area contributed by atoms with Crippen LogP contribution in [0.1, 0.15) is 53.0 Å². The number of hydrogen-bond donors (Lipinski definition) is 1. The Morgan fingerprint density at radius 2 is 1.97 bits per heavy atom. The standard InChI is InChI=1S/C22H20N4O3S/c23-13-16-12-15-8-4-1-2-7-11-18(15)24-21(16)30-14-19(27)20-22(28)29-25-26(20)17-9-5-3-6-10-17/h3,5-6,9-10,12H,1-2,4,7-8,11,14H2/p+1. The lowest BCUT2D eigenvalue weighted by atomic mass is 9.96. The van der Waals surface area contributed by atoms with E-state index in [0.29, 0.717) is 16.3 Å². The van der Waals surface area contributed by atoms with Crippen LogP contribution in [0.5, 0.6) is 0 Å². The summed E-state index contributed by atoms with van der Waals surface area (Å²) in [5.74, 6) is -0.410. The molecule has 0 saturated heterocycles. The Hall–Kier alpha value is -3.18. The molecule has 0 bridgehead atoms. The van der Waals surface area contributed by atoms with Gasteiger partial charge in [0.15, 0.2) is 0 Å². The van der Waals surface area contributed by atoms with E-state index in [2.05, 4.69) is 11.3 Å². The second-order valence-electron chi connectivity index (χ2n) is 7.19. The SMILES string of the molecule is N#Cc1cc2c(nc1SCC(=O)c1c(=O)o[nH][n+]1-c1ccccc1)CCCCCC2. The molecule has 0 atom stereocenters. The average molecular weight is 422 g/mol. The highest BCUT2D eigenvalue weighted by molar-refractivity contribution is 8.00. The summed E-state index contributed by atoms with van der Waals surface area (Å²) in [6.45, 7) is 0. The van der Waals surface area contributed by atoms with Crippen LogP contribution in [0, 0.1) is 11.3 Å². The van der Waals surface area contributed by atoms with E-state index >= 15 is 0 Å². The summed E-state index contributed by atoms with van der Waals surface area (Å²) in [4.78, 5) is 29.7. The average Bonchev–Trinajstić information content (AvgIpc) is 3.14. The summed E-state index contributed by atoms with van der Waals surface area (Å²) >= 11 is 1.18. The van der Waals surface area contributed by atoms with Gasteiger partial charge in [0.2, 0.25) is 11.5 Å². The monoisotopic (exact) mass is 421 g/mol. The molecular weight excluding hydrogens is 400 g/mol. The normalized spacial score (nSPS) is 13.7. The topological polar surface area (TPSA) is 104 Å². The van der Waals surface area contributed by atoms with Gasteiger partial charge in [0.05, 0.1) is 11.3 Å². The summed E-state index contributed by atoms with van der Waals surface area (Å²) in [5, 5.41) is 12.6. The van der Waals surface area contributed by atoms with Crippen LogP contribution in [-0.4, -0.2) is 21.8 Å². The molecule has 30 heavy (non-hydrogen) atoms. The molecule has 2 aromatic heterocycles. The molecule has 0 amide bonds. The predicted molar refractivity (Wildman–Crippen MR) is 111 cm³/mol. The third kappa shape index (κ3) is 4.21. The van der Waals surface area contributed by atoms with Gasteiger partial charge in [-0.25, -0.2) is 9.78 Å². The fourth-order valence-corrected chi connectivity index (χ4v) is 4.47. The molecular formula is C22H21N4O3S+. The van der Waals surface area contributed by atoms with Crippen molar-refractivity contribution in [3.05, 3.63) is 69.3 Å². The molecule has 2 heterocycles. The molecule has 0 aliphatic heterocycles. The molecule has 8 heteroatoms. The van der Waals surface area contributed by atoms with Gasteiger partial charge in [0.25, 0.3) is 0 Å². The van der Waals surface area contributed by atoms with Crippen molar-refractivity contribution in [3.8, 4) is 11.8 Å². The molecule has 1 aliphatic carbocycles. The number of fused-ring (bicyclic) bond motifs is 1. The lowest BCUT2D eigenvalue weighted by Gasteiger charge is -2.14. The second-order valence-corrected chi connectivity index (χ2v) is 8.15. The third-order valence-electron chi connectivity index (χ3n) is 5.15. The summed E-state index contributed by atoms with van der Waals surface area (Å²) in [7, 11) is 0. The molecule has 1 aromatic carbocycles. The fraction of sp³-hybridized carbons (Fsp3) is 0.318. The summed E-state index contributed by atoms with van der Waals surface area (Å²) in [6.07, 6.45) is 6.39. The van der Waals surface area contributed by atoms with Gasteiger partial charge < -0.3 is 0 Å². The van der Waals surface area contributed by atoms with Crippen LogP contribution >= 0.6 is 11.8 Å². The number of Topliss-reactive ketones (excluding diaryl/α,β-unsaturated/α-hetero) is 1. The molecule has 152 valence electrons. The molecule has 1 N–H and O–H groups in total. The molecule has 1 aliphatic rings. The number of nitrogens with one attached hydrogen (secondary N) is 1. The minimum atomic E-state index is -0.726. The first-order valence-corrected chi connectivity index (χ1v) is 10.9. The predicted octanol–water partition coefficient (Wildman–Crippen LogP) is 3.15. The summed E-state index contributed by atoms with van der Waals surface area (Å²) in [5.41, 5.74) is 2.44. The number of thioether (sulfide) groups is 1. The van der Waals surface area contributed by atoms with Gasteiger partial charge in [-0.05, 0) is 47.3 Å². The Morgan fingerprint density at radius 3 is 2.73 bits per heavy atom. The van der Waals surface area contributed by atoms with Crippen LogP contribution in [0.2, 0.25) is 0 Å². The number of carbonyl (C=O) groups is 1.